The summed E-state index contributed by atoms with van der Waals surface area (Å²) in [6.45, 7) is 1.41. The minimum atomic E-state index is -0.544. The van der Waals surface area contributed by atoms with Gasteiger partial charge in [-0.05, 0) is 12.1 Å². The summed E-state index contributed by atoms with van der Waals surface area (Å²) in [5.74, 6) is 0.228. The summed E-state index contributed by atoms with van der Waals surface area (Å²) in [7, 11) is 2.82. The molecule has 0 aliphatic heterocycles. The van der Waals surface area contributed by atoms with Crippen molar-refractivity contribution in [3.8, 4) is 11.5 Å². The lowest BCUT2D eigenvalue weighted by atomic mass is 10.1. The third-order valence-corrected chi connectivity index (χ3v) is 3.35. The number of methoxy groups -OCH3 is 2. The van der Waals surface area contributed by atoms with E-state index in [2.05, 4.69) is 27.9 Å². The summed E-state index contributed by atoms with van der Waals surface area (Å²) < 4.78 is 16.3. The van der Waals surface area contributed by atoms with Gasteiger partial charge in [0.1, 0.15) is 0 Å². The molecule has 0 saturated heterocycles. The van der Waals surface area contributed by atoms with Crippen molar-refractivity contribution >= 4 is 40.3 Å². The number of nitro groups is 1. The number of rotatable bonds is 10. The van der Waals surface area contributed by atoms with E-state index in [4.69, 9.17) is 14.2 Å². The molecule has 132 valence electrons. The Balaban J connectivity index is 2.81. The predicted molar refractivity (Wildman–Crippen MR) is 98.0 cm³/mol. The zero-order valence-corrected chi connectivity index (χ0v) is 15.6. The van der Waals surface area contributed by atoms with E-state index in [-0.39, 0.29) is 22.9 Å². The molecule has 0 spiro atoms. The minimum Gasteiger partial charge on any atom is -0.493 e. The van der Waals surface area contributed by atoms with Gasteiger partial charge in [-0.1, -0.05) is 22.6 Å². The largest absolute Gasteiger partial charge is 0.493 e. The van der Waals surface area contributed by atoms with Gasteiger partial charge in [-0.3, -0.25) is 14.9 Å². The van der Waals surface area contributed by atoms with Gasteiger partial charge in [0.25, 0.3) is 5.69 Å². The number of amides is 1. The minimum absolute atomic E-state index is 0.179. The number of hydrogen-bond acceptors (Lipinski definition) is 6. The van der Waals surface area contributed by atoms with Crippen LogP contribution in [-0.2, 0) is 9.53 Å². The Kier molecular flexibility index (Phi) is 9.08. The second-order valence-electron chi connectivity index (χ2n) is 4.45. The summed E-state index contributed by atoms with van der Waals surface area (Å²) in [6.07, 6.45) is 2.59. The van der Waals surface area contributed by atoms with Gasteiger partial charge in [0.05, 0.1) is 44.0 Å². The molecule has 1 amide bonds. The molecule has 0 bridgehead atoms. The van der Waals surface area contributed by atoms with E-state index in [0.717, 1.165) is 4.43 Å². The number of ether oxygens (including phenoxy) is 3. The first-order valence-electron chi connectivity index (χ1n) is 7.03. The molecule has 1 N–H and O–H groups in total. The first-order valence-corrected chi connectivity index (χ1v) is 8.56. The first kappa shape index (κ1) is 20.2. The Morgan fingerprint density at radius 1 is 1.29 bits per heavy atom. The molecule has 1 aromatic rings. The Hall–Kier alpha value is -1.88. The fraction of sp³-hybridized carbons (Fsp3) is 0.400. The molecule has 0 fully saturated rings. The number of carbonyl (C=O) groups is 1. The highest BCUT2D eigenvalue weighted by Gasteiger charge is 2.17. The molecule has 0 aliphatic rings. The van der Waals surface area contributed by atoms with Crippen molar-refractivity contribution in [2.45, 2.75) is 0 Å². The molecule has 0 saturated carbocycles. The van der Waals surface area contributed by atoms with Crippen LogP contribution in [0.15, 0.2) is 18.2 Å². The van der Waals surface area contributed by atoms with E-state index in [9.17, 15) is 14.9 Å². The summed E-state index contributed by atoms with van der Waals surface area (Å²) in [4.78, 5) is 22.3. The van der Waals surface area contributed by atoms with Gasteiger partial charge in [0.15, 0.2) is 11.5 Å². The summed E-state index contributed by atoms with van der Waals surface area (Å²) >= 11 is 2.19. The smallest absolute Gasteiger partial charge is 0.280 e. The topological polar surface area (TPSA) is 99.9 Å². The van der Waals surface area contributed by atoms with Gasteiger partial charge < -0.3 is 19.5 Å². The number of carbonyl (C=O) groups excluding carboxylic acids is 1. The van der Waals surface area contributed by atoms with Crippen molar-refractivity contribution in [1.29, 1.82) is 0 Å². The quantitative estimate of drug-likeness (QED) is 0.147. The van der Waals surface area contributed by atoms with Crippen LogP contribution in [0.3, 0.4) is 0 Å². The van der Waals surface area contributed by atoms with Crippen molar-refractivity contribution in [3.05, 3.63) is 33.9 Å². The molecular weight excluding hydrogens is 431 g/mol. The molecule has 9 heteroatoms. The Morgan fingerprint density at radius 2 is 1.96 bits per heavy atom. The number of alkyl halides is 1. The van der Waals surface area contributed by atoms with Gasteiger partial charge >= 0.3 is 0 Å². The number of benzene rings is 1. The van der Waals surface area contributed by atoms with Crippen LogP contribution in [0, 0.1) is 10.1 Å². The maximum Gasteiger partial charge on any atom is 0.280 e. The second-order valence-corrected chi connectivity index (χ2v) is 5.53. The number of nitrogens with one attached hydrogen (secondary N) is 1. The van der Waals surface area contributed by atoms with Crippen molar-refractivity contribution in [3.63, 3.8) is 0 Å². The molecule has 24 heavy (non-hydrogen) atoms. The fourth-order valence-electron chi connectivity index (χ4n) is 1.80. The average molecular weight is 450 g/mol. The standard InChI is InChI=1S/C15H19IN2O6/c1-22-13-9-11(12(18(20)21)10-14(13)23-2)3-4-15(19)17-6-8-24-7-5-16/h3-4,9-10H,5-8H2,1-2H3,(H,17,19)/b4-3+. The molecular formula is C15H19IN2O6. The van der Waals surface area contributed by atoms with Gasteiger partial charge in [0.2, 0.25) is 5.91 Å². The third-order valence-electron chi connectivity index (χ3n) is 2.91. The maximum atomic E-state index is 11.7. The SMILES string of the molecule is COc1cc(/C=C/C(=O)NCCOCCI)c([N+](=O)[O-])cc1OC. The fourth-order valence-corrected chi connectivity index (χ4v) is 2.11. The molecule has 1 rings (SSSR count). The number of nitro benzene ring substituents is 1. The van der Waals surface area contributed by atoms with Crippen LogP contribution < -0.4 is 14.8 Å². The lowest BCUT2D eigenvalue weighted by Crippen LogP contribution is -2.25. The van der Waals surface area contributed by atoms with Gasteiger partial charge in [-0.2, -0.15) is 0 Å². The van der Waals surface area contributed by atoms with Crippen molar-refractivity contribution in [1.82, 2.24) is 5.32 Å². The number of nitrogens with zero attached hydrogens (tertiary/aromatic N) is 1. The molecule has 0 aromatic heterocycles. The summed E-state index contributed by atoms with van der Waals surface area (Å²) in [5.41, 5.74) is 0.0658. The van der Waals surface area contributed by atoms with Crippen LogP contribution in [0.25, 0.3) is 6.08 Å². The van der Waals surface area contributed by atoms with Crippen molar-refractivity contribution in [2.75, 3.05) is 38.4 Å². The van der Waals surface area contributed by atoms with Crippen LogP contribution in [0.1, 0.15) is 5.56 Å². The summed E-state index contributed by atoms with van der Waals surface area (Å²) in [6, 6.07) is 2.71. The highest BCUT2D eigenvalue weighted by Crippen LogP contribution is 2.35. The van der Waals surface area contributed by atoms with E-state index < -0.39 is 4.92 Å². The number of halogens is 1. The first-order chi connectivity index (χ1) is 11.5. The Morgan fingerprint density at radius 3 is 2.54 bits per heavy atom. The second kappa shape index (κ2) is 10.8. The van der Waals surface area contributed by atoms with E-state index in [0.29, 0.717) is 25.5 Å². The predicted octanol–water partition coefficient (Wildman–Crippen LogP) is 2.19. The van der Waals surface area contributed by atoms with E-state index in [1.54, 1.807) is 0 Å². The lowest BCUT2D eigenvalue weighted by Gasteiger charge is -2.08. The normalized spacial score (nSPS) is 10.6. The van der Waals surface area contributed by atoms with Crippen LogP contribution in [0.4, 0.5) is 5.69 Å². The lowest BCUT2D eigenvalue weighted by molar-refractivity contribution is -0.385. The van der Waals surface area contributed by atoms with Gasteiger partial charge in [0, 0.05) is 17.0 Å². The highest BCUT2D eigenvalue weighted by molar-refractivity contribution is 14.1. The third kappa shape index (κ3) is 6.32. The molecule has 0 atom stereocenters. The van der Waals surface area contributed by atoms with Crippen LogP contribution in [0.2, 0.25) is 0 Å². The van der Waals surface area contributed by atoms with E-state index >= 15 is 0 Å². The Bertz CT molecular complexity index is 606. The zero-order valence-electron chi connectivity index (χ0n) is 13.4. The highest BCUT2D eigenvalue weighted by atomic mass is 127. The molecule has 0 radical (unpaired) electrons. The van der Waals surface area contributed by atoms with Gasteiger partial charge in [-0.15, -0.1) is 0 Å². The molecule has 0 heterocycles. The molecule has 0 aliphatic carbocycles. The maximum absolute atomic E-state index is 11.7. The summed E-state index contributed by atoms with van der Waals surface area (Å²) in [5, 5.41) is 13.8. The van der Waals surface area contributed by atoms with Crippen LogP contribution >= 0.6 is 22.6 Å². The molecule has 0 unspecified atom stereocenters. The van der Waals surface area contributed by atoms with Crippen molar-refractivity contribution < 1.29 is 23.9 Å². The van der Waals surface area contributed by atoms with E-state index in [1.807, 2.05) is 0 Å². The zero-order chi connectivity index (χ0) is 17.9. The average Bonchev–Trinajstić information content (AvgIpc) is 2.58. The van der Waals surface area contributed by atoms with Crippen molar-refractivity contribution in [2.24, 2.45) is 0 Å². The van der Waals surface area contributed by atoms with Crippen LogP contribution in [0.5, 0.6) is 11.5 Å². The van der Waals surface area contributed by atoms with E-state index in [1.165, 1.54) is 38.5 Å². The molecule has 1 aromatic carbocycles. The Labute approximate surface area is 153 Å². The number of hydrogen-bond donors (Lipinski definition) is 1. The van der Waals surface area contributed by atoms with Crippen LogP contribution in [-0.4, -0.2) is 49.2 Å². The monoisotopic (exact) mass is 450 g/mol. The molecule has 8 nitrogen and oxygen atoms in total. The van der Waals surface area contributed by atoms with Gasteiger partial charge in [-0.25, -0.2) is 0 Å².